The zero-order chi connectivity index (χ0) is 19.1. The molecule has 0 radical (unpaired) electrons. The Morgan fingerprint density at radius 1 is 1.04 bits per heavy atom. The highest BCUT2D eigenvalue weighted by molar-refractivity contribution is 7.21. The molecule has 0 aliphatic carbocycles. The van der Waals surface area contributed by atoms with Crippen molar-refractivity contribution in [3.05, 3.63) is 59.0 Å². The maximum absolute atomic E-state index is 12.7. The smallest absolute Gasteiger partial charge is 0.344 e. The van der Waals surface area contributed by atoms with Crippen LogP contribution in [0.5, 0.6) is 0 Å². The summed E-state index contributed by atoms with van der Waals surface area (Å²) >= 11 is 1.54. The maximum atomic E-state index is 12.7. The van der Waals surface area contributed by atoms with Crippen LogP contribution in [0.15, 0.2) is 57.7 Å². The molecule has 142 valence electrons. The molecule has 0 amide bonds. The molecule has 0 unspecified atom stereocenters. The predicted octanol–water partition coefficient (Wildman–Crippen LogP) is 4.21. The highest BCUT2D eigenvalue weighted by Crippen LogP contribution is 2.31. The van der Waals surface area contributed by atoms with E-state index in [0.717, 1.165) is 58.9 Å². The van der Waals surface area contributed by atoms with Gasteiger partial charge in [-0.3, -0.25) is 0 Å². The van der Waals surface area contributed by atoms with Crippen molar-refractivity contribution in [2.75, 3.05) is 38.1 Å². The van der Waals surface area contributed by atoms with Crippen LogP contribution in [-0.2, 0) is 0 Å². The van der Waals surface area contributed by atoms with Gasteiger partial charge in [0.2, 0.25) is 0 Å². The molecule has 0 spiro atoms. The Morgan fingerprint density at radius 3 is 2.82 bits per heavy atom. The van der Waals surface area contributed by atoms with E-state index >= 15 is 0 Å². The van der Waals surface area contributed by atoms with E-state index in [-0.39, 0.29) is 5.63 Å². The molecule has 0 atom stereocenters. The largest absolute Gasteiger partial charge is 0.420 e. The van der Waals surface area contributed by atoms with Crippen LogP contribution in [0.4, 0.5) is 5.69 Å². The van der Waals surface area contributed by atoms with Gasteiger partial charge in [0.25, 0.3) is 0 Å². The first-order valence-electron chi connectivity index (χ1n) is 9.55. The quantitative estimate of drug-likeness (QED) is 0.512. The number of rotatable bonds is 2. The Morgan fingerprint density at radius 2 is 1.93 bits per heavy atom. The van der Waals surface area contributed by atoms with E-state index in [1.165, 1.54) is 11.3 Å². The third-order valence-electron chi connectivity index (χ3n) is 5.34. The van der Waals surface area contributed by atoms with Gasteiger partial charge in [-0.15, -0.1) is 11.3 Å². The van der Waals surface area contributed by atoms with Crippen LogP contribution in [0.1, 0.15) is 6.42 Å². The van der Waals surface area contributed by atoms with E-state index in [1.807, 2.05) is 42.5 Å². The van der Waals surface area contributed by atoms with Crippen LogP contribution < -0.4 is 10.5 Å². The fraction of sp³-hybridized carbons (Fsp3) is 0.273. The van der Waals surface area contributed by atoms with Crippen molar-refractivity contribution < 1.29 is 4.42 Å². The lowest BCUT2D eigenvalue weighted by Crippen LogP contribution is -2.28. The van der Waals surface area contributed by atoms with Gasteiger partial charge in [0.1, 0.15) is 0 Å². The van der Waals surface area contributed by atoms with Crippen LogP contribution in [0, 0.1) is 0 Å². The molecule has 6 heteroatoms. The Bertz CT molecular complexity index is 1180. The SMILES string of the molecule is CN1CCCN(c2ccc3cc(-c4nc5ccccc5s4)oc(=O)c3c2)CC1. The van der Waals surface area contributed by atoms with Gasteiger partial charge in [-0.2, -0.15) is 0 Å². The fourth-order valence-electron chi connectivity index (χ4n) is 3.76. The molecule has 0 saturated carbocycles. The summed E-state index contributed by atoms with van der Waals surface area (Å²) < 4.78 is 6.74. The molecule has 1 aliphatic rings. The number of fused-ring (bicyclic) bond motifs is 2. The summed E-state index contributed by atoms with van der Waals surface area (Å²) in [6, 6.07) is 16.0. The Labute approximate surface area is 166 Å². The molecular weight excluding hydrogens is 370 g/mol. The summed E-state index contributed by atoms with van der Waals surface area (Å²) in [6.07, 6.45) is 1.12. The molecule has 0 N–H and O–H groups in total. The van der Waals surface area contributed by atoms with Crippen molar-refractivity contribution in [1.29, 1.82) is 0 Å². The van der Waals surface area contributed by atoms with Crippen molar-refractivity contribution in [3.63, 3.8) is 0 Å². The van der Waals surface area contributed by atoms with Crippen LogP contribution in [0.2, 0.25) is 0 Å². The number of nitrogens with zero attached hydrogens (tertiary/aromatic N) is 3. The minimum atomic E-state index is -0.305. The highest BCUT2D eigenvalue weighted by atomic mass is 32.1. The molecule has 1 saturated heterocycles. The molecule has 2 aromatic carbocycles. The molecule has 3 heterocycles. The molecule has 0 bridgehead atoms. The Hall–Kier alpha value is -2.70. The Kier molecular flexibility index (Phi) is 4.37. The van der Waals surface area contributed by atoms with Gasteiger partial charge in [-0.1, -0.05) is 18.2 Å². The average molecular weight is 391 g/mol. The third-order valence-corrected chi connectivity index (χ3v) is 6.39. The van der Waals surface area contributed by atoms with Crippen LogP contribution in [0.25, 0.3) is 31.8 Å². The van der Waals surface area contributed by atoms with E-state index < -0.39 is 0 Å². The first-order chi connectivity index (χ1) is 13.7. The zero-order valence-electron chi connectivity index (χ0n) is 15.7. The lowest BCUT2D eigenvalue weighted by atomic mass is 10.1. The average Bonchev–Trinajstić information content (AvgIpc) is 3.03. The first-order valence-corrected chi connectivity index (χ1v) is 10.4. The maximum Gasteiger partial charge on any atom is 0.344 e. The topological polar surface area (TPSA) is 49.6 Å². The normalized spacial score (nSPS) is 16.0. The second kappa shape index (κ2) is 7.04. The van der Waals surface area contributed by atoms with Crippen molar-refractivity contribution in [2.24, 2.45) is 0 Å². The summed E-state index contributed by atoms with van der Waals surface area (Å²) in [6.45, 7) is 4.11. The molecule has 2 aromatic heterocycles. The standard InChI is InChI=1S/C22H21N3O2S/c1-24-9-4-10-25(12-11-24)16-8-7-15-13-19(27-22(26)17(15)14-16)21-23-18-5-2-3-6-20(18)28-21/h2-3,5-8,13-14H,4,9-12H2,1H3. The molecule has 28 heavy (non-hydrogen) atoms. The lowest BCUT2D eigenvalue weighted by molar-refractivity contribution is 0.360. The van der Waals surface area contributed by atoms with Gasteiger partial charge in [-0.25, -0.2) is 9.78 Å². The molecule has 4 aromatic rings. The van der Waals surface area contributed by atoms with Gasteiger partial charge in [0.15, 0.2) is 10.8 Å². The summed E-state index contributed by atoms with van der Waals surface area (Å²) in [7, 11) is 2.15. The van der Waals surface area contributed by atoms with Gasteiger partial charge >= 0.3 is 5.63 Å². The number of para-hydroxylation sites is 1. The number of hydrogen-bond donors (Lipinski definition) is 0. The van der Waals surface area contributed by atoms with Gasteiger partial charge in [0, 0.05) is 25.3 Å². The van der Waals surface area contributed by atoms with E-state index in [9.17, 15) is 4.79 Å². The molecule has 1 fully saturated rings. The van der Waals surface area contributed by atoms with Gasteiger partial charge < -0.3 is 14.2 Å². The van der Waals surface area contributed by atoms with E-state index in [1.54, 1.807) is 0 Å². The number of benzene rings is 2. The fourth-order valence-corrected chi connectivity index (χ4v) is 4.68. The van der Waals surface area contributed by atoms with Crippen LogP contribution in [0.3, 0.4) is 0 Å². The Balaban J connectivity index is 1.54. The van der Waals surface area contributed by atoms with Gasteiger partial charge in [0.05, 0.1) is 15.6 Å². The second-order valence-corrected chi connectivity index (χ2v) is 8.33. The lowest BCUT2D eigenvalue weighted by Gasteiger charge is -2.23. The van der Waals surface area contributed by atoms with Crippen molar-refractivity contribution in [2.45, 2.75) is 6.42 Å². The third kappa shape index (κ3) is 3.19. The summed E-state index contributed by atoms with van der Waals surface area (Å²) in [4.78, 5) is 22.0. The summed E-state index contributed by atoms with van der Waals surface area (Å²) in [5, 5.41) is 2.25. The molecular formula is C22H21N3O2S. The number of aromatic nitrogens is 1. The van der Waals surface area contributed by atoms with E-state index in [0.29, 0.717) is 11.1 Å². The van der Waals surface area contributed by atoms with Crippen LogP contribution >= 0.6 is 11.3 Å². The van der Waals surface area contributed by atoms with Gasteiger partial charge in [-0.05, 0) is 55.7 Å². The predicted molar refractivity (Wildman–Crippen MR) is 115 cm³/mol. The minimum absolute atomic E-state index is 0.305. The minimum Gasteiger partial charge on any atom is -0.420 e. The van der Waals surface area contributed by atoms with Crippen LogP contribution in [-0.4, -0.2) is 43.1 Å². The number of hydrogen-bond acceptors (Lipinski definition) is 6. The second-order valence-electron chi connectivity index (χ2n) is 7.30. The monoisotopic (exact) mass is 391 g/mol. The summed E-state index contributed by atoms with van der Waals surface area (Å²) in [5.41, 5.74) is 1.70. The number of likely N-dealkylation sites (N-methyl/N-ethyl adjacent to an activating group) is 1. The van der Waals surface area contributed by atoms with E-state index in [4.69, 9.17) is 4.42 Å². The highest BCUT2D eigenvalue weighted by Gasteiger charge is 2.15. The zero-order valence-corrected chi connectivity index (χ0v) is 16.5. The van der Waals surface area contributed by atoms with Crippen molar-refractivity contribution in [3.8, 4) is 10.8 Å². The molecule has 1 aliphatic heterocycles. The summed E-state index contributed by atoms with van der Waals surface area (Å²) in [5.74, 6) is 0.530. The molecule has 5 rings (SSSR count). The molecule has 5 nitrogen and oxygen atoms in total. The first kappa shape index (κ1) is 17.4. The number of thiazole rings is 1. The van der Waals surface area contributed by atoms with Crippen molar-refractivity contribution in [1.82, 2.24) is 9.88 Å². The van der Waals surface area contributed by atoms with E-state index in [2.05, 4.69) is 27.9 Å². The number of anilines is 1. The van der Waals surface area contributed by atoms with Crippen molar-refractivity contribution >= 4 is 38.0 Å².